The zero-order valence-corrected chi connectivity index (χ0v) is 28.2. The van der Waals surface area contributed by atoms with Gasteiger partial charge in [-0.25, -0.2) is 14.6 Å². The van der Waals surface area contributed by atoms with E-state index in [1.807, 2.05) is 0 Å². The number of anilines is 1. The van der Waals surface area contributed by atoms with Gasteiger partial charge in [-0.05, 0) is 72.9 Å². The summed E-state index contributed by atoms with van der Waals surface area (Å²) in [4.78, 5) is 30.9. The number of carbonyl (C=O) groups is 2. The number of alkyl halides is 6. The van der Waals surface area contributed by atoms with Gasteiger partial charge in [-0.15, -0.1) is 10.2 Å². The normalized spacial score (nSPS) is 23.1. The number of carbonyl (C=O) groups excluding carboxylic acids is 2. The van der Waals surface area contributed by atoms with Crippen LogP contribution < -0.4 is 9.64 Å². The van der Waals surface area contributed by atoms with Crippen LogP contribution in [0.3, 0.4) is 0 Å². The Bertz CT molecular complexity index is 1950. The standard InChI is InChI=1S/C34H38F6N4O7/c1-20-14-10-9-13-17-32(34(38,39)40,47-19-21-15-11-8-12-16-21)27-43-42-26(49-27)24-23(18-22(33(35,36)37)25(41-24)48-20)44(28(45)50-30(2,3)4)29(46)51-31(5,6)7/h8-12,15-16,18,20H,13-14,17,19H2,1-7H3/t20-,32-/m1/s1/i1D3,14D2,20D. The first-order valence-electron chi connectivity index (χ1n) is 18.2. The Morgan fingerprint density at radius 3 is 2.18 bits per heavy atom. The van der Waals surface area contributed by atoms with Crippen LogP contribution in [-0.4, -0.2) is 50.8 Å². The maximum Gasteiger partial charge on any atom is 0.426 e. The molecule has 1 aliphatic heterocycles. The molecule has 3 aromatic rings. The van der Waals surface area contributed by atoms with Crippen LogP contribution in [0.25, 0.3) is 11.6 Å². The maximum absolute atomic E-state index is 15.4. The molecule has 1 aromatic carbocycles. The summed E-state index contributed by atoms with van der Waals surface area (Å²) in [7, 11) is 0. The topological polar surface area (TPSA) is 126 Å². The molecule has 4 bridgehead atoms. The number of halogens is 6. The van der Waals surface area contributed by atoms with E-state index in [0.717, 1.165) is 6.08 Å². The zero-order chi connectivity index (χ0) is 43.2. The van der Waals surface area contributed by atoms with Gasteiger partial charge in [0.25, 0.3) is 11.8 Å². The maximum atomic E-state index is 15.4. The lowest BCUT2D eigenvalue weighted by molar-refractivity contribution is -0.299. The molecule has 0 saturated heterocycles. The van der Waals surface area contributed by atoms with E-state index in [-0.39, 0.29) is 16.5 Å². The van der Waals surface area contributed by atoms with Gasteiger partial charge in [-0.3, -0.25) is 0 Å². The summed E-state index contributed by atoms with van der Waals surface area (Å²) in [6, 6.07) is 7.48. The van der Waals surface area contributed by atoms with Crippen molar-refractivity contribution in [2.45, 2.75) is 109 Å². The van der Waals surface area contributed by atoms with Crippen LogP contribution in [0, 0.1) is 0 Å². The van der Waals surface area contributed by atoms with Crippen LogP contribution >= 0.6 is 0 Å². The number of hydrogen-bond acceptors (Lipinski definition) is 10. The first-order valence-corrected chi connectivity index (χ1v) is 15.2. The van der Waals surface area contributed by atoms with Crippen LogP contribution in [0.5, 0.6) is 5.88 Å². The number of hydrogen-bond donors (Lipinski definition) is 0. The molecular formula is C34H38F6N4O7. The third-order valence-electron chi connectivity index (χ3n) is 6.62. The number of fused-ring (bicyclic) bond motifs is 5. The second kappa shape index (κ2) is 14.5. The first-order chi connectivity index (χ1) is 25.8. The quantitative estimate of drug-likeness (QED) is 0.189. The molecule has 4 rings (SSSR count). The van der Waals surface area contributed by atoms with Crippen LogP contribution in [-0.2, 0) is 32.6 Å². The third-order valence-corrected chi connectivity index (χ3v) is 6.62. The number of nitrogens with zero attached hydrogens (tertiary/aromatic N) is 4. The van der Waals surface area contributed by atoms with Crippen LogP contribution in [0.1, 0.15) is 92.9 Å². The first kappa shape index (κ1) is 31.1. The van der Waals surface area contributed by atoms with Gasteiger partial charge in [0.1, 0.15) is 22.8 Å². The average Bonchev–Trinajstić information content (AvgIpc) is 3.52. The molecule has 278 valence electrons. The van der Waals surface area contributed by atoms with Gasteiger partial charge in [0.2, 0.25) is 11.5 Å². The van der Waals surface area contributed by atoms with E-state index < -0.39 is 115 Å². The van der Waals surface area contributed by atoms with Crippen molar-refractivity contribution in [3.63, 3.8) is 0 Å². The van der Waals surface area contributed by atoms with Crippen molar-refractivity contribution in [1.82, 2.24) is 15.2 Å². The Kier molecular flexibility index (Phi) is 8.85. The predicted octanol–water partition coefficient (Wildman–Crippen LogP) is 9.31. The van der Waals surface area contributed by atoms with E-state index in [1.165, 1.54) is 65.8 Å². The fraction of sp³-hybridized carbons (Fsp3) is 0.500. The van der Waals surface area contributed by atoms with Gasteiger partial charge in [0.05, 0.1) is 13.7 Å². The molecule has 0 unspecified atom stereocenters. The molecule has 17 heteroatoms. The summed E-state index contributed by atoms with van der Waals surface area (Å²) in [6.45, 7) is 3.35. The number of imide groups is 1. The van der Waals surface area contributed by atoms with Gasteiger partial charge in [0.15, 0.2) is 5.69 Å². The molecule has 51 heavy (non-hydrogen) atoms. The molecule has 1 aliphatic rings. The predicted molar refractivity (Wildman–Crippen MR) is 170 cm³/mol. The Hall–Kier alpha value is -4.67. The Balaban J connectivity index is 2.18. The SMILES string of the molecule is [2H]C([2H])([2H])[C@@]1([2H])Oc2nc(c(N(C(=O)OC(C)(C)C)C(=O)OC(C)(C)C)cc2C(F)(F)F)-c2nnc(o2)[C@@](OCc2ccccc2)(C(F)(F)F)CCC=CC1([2H])[2H]. The number of allylic oxidation sites excluding steroid dienone is 1. The van der Waals surface area contributed by atoms with E-state index in [9.17, 15) is 22.8 Å². The highest BCUT2D eigenvalue weighted by Gasteiger charge is 2.61. The third kappa shape index (κ3) is 9.56. The molecular weight excluding hydrogens is 690 g/mol. The summed E-state index contributed by atoms with van der Waals surface area (Å²) in [5, 5.41) is 7.11. The highest BCUT2D eigenvalue weighted by molar-refractivity contribution is 6.11. The van der Waals surface area contributed by atoms with Crippen molar-refractivity contribution in [3.05, 3.63) is 65.6 Å². The summed E-state index contributed by atoms with van der Waals surface area (Å²) >= 11 is 0. The van der Waals surface area contributed by atoms with Crippen LogP contribution in [0.2, 0.25) is 0 Å². The number of amides is 2. The minimum Gasteiger partial charge on any atom is -0.474 e. The molecule has 0 fully saturated rings. The van der Waals surface area contributed by atoms with E-state index in [4.69, 9.17) is 31.6 Å². The largest absolute Gasteiger partial charge is 0.474 e. The van der Waals surface area contributed by atoms with E-state index >= 15 is 13.2 Å². The molecule has 0 spiro atoms. The molecule has 2 amide bonds. The summed E-state index contributed by atoms with van der Waals surface area (Å²) in [5.41, 5.74) is -10.7. The van der Waals surface area contributed by atoms with Crippen LogP contribution in [0.15, 0.2) is 53.0 Å². The Morgan fingerprint density at radius 1 is 1.00 bits per heavy atom. The van der Waals surface area contributed by atoms with Crippen LogP contribution in [0.4, 0.5) is 41.6 Å². The lowest BCUT2D eigenvalue weighted by atomic mass is 9.95. The molecule has 0 radical (unpaired) electrons. The van der Waals surface area contributed by atoms with Gasteiger partial charge >= 0.3 is 24.5 Å². The fourth-order valence-corrected chi connectivity index (χ4v) is 4.46. The minimum atomic E-state index is -5.64. The Labute approximate surface area is 298 Å². The van der Waals surface area contributed by atoms with Crippen molar-refractivity contribution in [1.29, 1.82) is 0 Å². The molecule has 0 aliphatic carbocycles. The van der Waals surface area contributed by atoms with Crippen molar-refractivity contribution >= 4 is 17.9 Å². The number of rotatable bonds is 4. The average molecular weight is 735 g/mol. The highest BCUT2D eigenvalue weighted by Crippen LogP contribution is 2.48. The van der Waals surface area contributed by atoms with Crippen molar-refractivity contribution in [2.75, 3.05) is 4.90 Å². The van der Waals surface area contributed by atoms with E-state index in [2.05, 4.69) is 15.2 Å². The lowest BCUT2D eigenvalue weighted by Crippen LogP contribution is -2.45. The molecule has 3 heterocycles. The van der Waals surface area contributed by atoms with Gasteiger partial charge in [-0.2, -0.15) is 31.2 Å². The summed E-state index contributed by atoms with van der Waals surface area (Å²) in [5.74, 6) is -4.37. The molecule has 0 saturated carbocycles. The number of ether oxygens (including phenoxy) is 4. The van der Waals surface area contributed by atoms with Gasteiger partial charge < -0.3 is 23.4 Å². The number of benzene rings is 1. The monoisotopic (exact) mass is 734 g/mol. The van der Waals surface area contributed by atoms with Gasteiger partial charge in [0, 0.05) is 13.2 Å². The van der Waals surface area contributed by atoms with Gasteiger partial charge in [-0.1, -0.05) is 42.5 Å². The molecule has 0 N–H and O–H groups in total. The molecule has 2 atom stereocenters. The zero-order valence-electron chi connectivity index (χ0n) is 34.2. The van der Waals surface area contributed by atoms with E-state index in [0.29, 0.717) is 6.08 Å². The Morgan fingerprint density at radius 2 is 1.63 bits per heavy atom. The highest BCUT2D eigenvalue weighted by atomic mass is 19.4. The van der Waals surface area contributed by atoms with Crippen molar-refractivity contribution in [2.24, 2.45) is 0 Å². The molecule has 11 nitrogen and oxygen atoms in total. The smallest absolute Gasteiger partial charge is 0.426 e. The number of pyridine rings is 1. The van der Waals surface area contributed by atoms with Crippen molar-refractivity contribution in [3.8, 4) is 17.5 Å². The molecule has 2 aromatic heterocycles. The minimum absolute atomic E-state index is 0.00446. The summed E-state index contributed by atoms with van der Waals surface area (Å²) in [6.07, 6.45) is -22.9. The second-order valence-electron chi connectivity index (χ2n) is 13.0. The second-order valence-corrected chi connectivity index (χ2v) is 13.0. The fourth-order valence-electron chi connectivity index (χ4n) is 4.46. The van der Waals surface area contributed by atoms with E-state index in [1.54, 1.807) is 6.07 Å². The van der Waals surface area contributed by atoms with Crippen molar-refractivity contribution < 1.29 is 67.5 Å². The summed E-state index contributed by atoms with van der Waals surface area (Å²) < 4.78 is 167. The number of aromatic nitrogens is 3. The lowest BCUT2D eigenvalue weighted by Gasteiger charge is -2.32.